The smallest absolute Gasteiger partial charge is 0.315 e. The molecule has 0 radical (unpaired) electrons. The van der Waals surface area contributed by atoms with Crippen LogP contribution in [0.3, 0.4) is 0 Å². The molecule has 0 aliphatic heterocycles. The largest absolute Gasteiger partial charge is 0.468 e. The number of allylic oxidation sites excluding steroid dienone is 2. The summed E-state index contributed by atoms with van der Waals surface area (Å²) in [5, 5.41) is 20.6. The van der Waals surface area contributed by atoms with Gasteiger partial charge in [-0.2, -0.15) is 0 Å². The lowest BCUT2D eigenvalue weighted by Crippen LogP contribution is -2.50. The van der Waals surface area contributed by atoms with Crippen LogP contribution in [0.1, 0.15) is 59.3 Å². The van der Waals surface area contributed by atoms with E-state index >= 15 is 0 Å². The summed E-state index contributed by atoms with van der Waals surface area (Å²) < 4.78 is 5.24. The van der Waals surface area contributed by atoms with Crippen LogP contribution in [-0.2, 0) is 9.53 Å². The molecule has 0 aromatic rings. The predicted molar refractivity (Wildman–Crippen MR) is 96.8 cm³/mol. The Balaban J connectivity index is 2.15. The lowest BCUT2D eigenvalue weighted by Gasteiger charge is -2.51. The average molecular weight is 348 g/mol. The Bertz CT molecular complexity index is 617. The number of ether oxygens (including phenoxy) is 1. The number of esters is 1. The second-order valence-electron chi connectivity index (χ2n) is 8.70. The number of fused-ring (bicyclic) bond motifs is 3. The third-order valence-electron chi connectivity index (χ3n) is 7.25. The van der Waals surface area contributed by atoms with Crippen LogP contribution in [0.4, 0.5) is 0 Å². The summed E-state index contributed by atoms with van der Waals surface area (Å²) in [6, 6.07) is 0. The van der Waals surface area contributed by atoms with E-state index in [-0.39, 0.29) is 23.9 Å². The maximum atomic E-state index is 12.8. The zero-order valence-corrected chi connectivity index (χ0v) is 16.0. The Morgan fingerprint density at radius 3 is 2.68 bits per heavy atom. The van der Waals surface area contributed by atoms with E-state index in [0.717, 1.165) is 37.7 Å². The topological polar surface area (TPSA) is 66.8 Å². The highest BCUT2D eigenvalue weighted by Gasteiger charge is 2.59. The second-order valence-corrected chi connectivity index (χ2v) is 8.70. The van der Waals surface area contributed by atoms with E-state index in [1.165, 1.54) is 18.3 Å². The molecule has 25 heavy (non-hydrogen) atoms. The zero-order chi connectivity index (χ0) is 18.4. The minimum Gasteiger partial charge on any atom is -0.468 e. The van der Waals surface area contributed by atoms with E-state index in [2.05, 4.69) is 26.8 Å². The van der Waals surface area contributed by atoms with E-state index in [1.807, 2.05) is 0 Å². The Morgan fingerprint density at radius 2 is 2.08 bits per heavy atom. The van der Waals surface area contributed by atoms with Gasteiger partial charge >= 0.3 is 5.97 Å². The summed E-state index contributed by atoms with van der Waals surface area (Å²) >= 11 is 0. The molecule has 0 aromatic carbocycles. The standard InChI is InChI=1S/C21H32O4/c1-13(2)15-7-8-21(19(24)25-4)10-9-20(3)16(18(15)21)6-5-14(12-22)11-17(20)23/h5,13,16-17,22-23H,6-12H2,1-4H3/t16-,17?,20-,21+/m0/s1. The van der Waals surface area contributed by atoms with Gasteiger partial charge in [0.2, 0.25) is 0 Å². The summed E-state index contributed by atoms with van der Waals surface area (Å²) in [6.45, 7) is 6.56. The van der Waals surface area contributed by atoms with Crippen molar-refractivity contribution in [3.8, 4) is 0 Å². The molecule has 0 heterocycles. The number of rotatable bonds is 3. The fourth-order valence-corrected chi connectivity index (χ4v) is 5.60. The summed E-state index contributed by atoms with van der Waals surface area (Å²) in [4.78, 5) is 12.8. The van der Waals surface area contributed by atoms with Gasteiger partial charge < -0.3 is 14.9 Å². The van der Waals surface area contributed by atoms with E-state index in [1.54, 1.807) is 0 Å². The van der Waals surface area contributed by atoms with Crippen LogP contribution in [0.2, 0.25) is 0 Å². The van der Waals surface area contributed by atoms with E-state index in [0.29, 0.717) is 12.3 Å². The van der Waals surface area contributed by atoms with Gasteiger partial charge in [-0.05, 0) is 61.5 Å². The fourth-order valence-electron chi connectivity index (χ4n) is 5.60. The number of hydrogen-bond acceptors (Lipinski definition) is 4. The highest BCUT2D eigenvalue weighted by molar-refractivity contribution is 5.82. The lowest BCUT2D eigenvalue weighted by atomic mass is 9.53. The van der Waals surface area contributed by atoms with Crippen molar-refractivity contribution < 1.29 is 19.7 Å². The van der Waals surface area contributed by atoms with Gasteiger partial charge in [-0.3, -0.25) is 4.79 Å². The third kappa shape index (κ3) is 2.69. The number of carbonyl (C=O) groups is 1. The maximum absolute atomic E-state index is 12.8. The van der Waals surface area contributed by atoms with Crippen LogP contribution in [-0.4, -0.2) is 36.0 Å². The summed E-state index contributed by atoms with van der Waals surface area (Å²) in [6.07, 6.45) is 6.26. The minimum absolute atomic E-state index is 0.00189. The summed E-state index contributed by atoms with van der Waals surface area (Å²) in [5.41, 5.74) is 2.78. The Hall–Kier alpha value is -1.13. The molecule has 2 N–H and O–H groups in total. The second kappa shape index (κ2) is 6.55. The van der Waals surface area contributed by atoms with E-state index in [4.69, 9.17) is 4.74 Å². The van der Waals surface area contributed by atoms with E-state index in [9.17, 15) is 15.0 Å². The Labute approximate surface area is 151 Å². The number of aliphatic hydroxyl groups excluding tert-OH is 2. The van der Waals surface area contributed by atoms with Crippen molar-refractivity contribution in [1.29, 1.82) is 0 Å². The molecule has 1 fully saturated rings. The van der Waals surface area contributed by atoms with Crippen molar-refractivity contribution in [2.75, 3.05) is 13.7 Å². The lowest BCUT2D eigenvalue weighted by molar-refractivity contribution is -0.154. The van der Waals surface area contributed by atoms with Crippen molar-refractivity contribution in [1.82, 2.24) is 0 Å². The Morgan fingerprint density at radius 1 is 1.36 bits per heavy atom. The maximum Gasteiger partial charge on any atom is 0.315 e. The normalized spacial score (nSPS) is 38.1. The van der Waals surface area contributed by atoms with Crippen molar-refractivity contribution in [2.45, 2.75) is 65.4 Å². The molecule has 0 aromatic heterocycles. The molecule has 3 aliphatic carbocycles. The first kappa shape index (κ1) is 18.7. The van der Waals surface area contributed by atoms with Crippen LogP contribution in [0, 0.1) is 22.7 Å². The average Bonchev–Trinajstić information content (AvgIpc) is 2.94. The van der Waals surface area contributed by atoms with Gasteiger partial charge in [-0.25, -0.2) is 0 Å². The van der Waals surface area contributed by atoms with Crippen molar-refractivity contribution in [3.63, 3.8) is 0 Å². The molecule has 3 rings (SSSR count). The first-order valence-electron chi connectivity index (χ1n) is 9.59. The molecule has 4 atom stereocenters. The quantitative estimate of drug-likeness (QED) is 0.606. The molecular formula is C21H32O4. The highest BCUT2D eigenvalue weighted by atomic mass is 16.5. The molecule has 0 amide bonds. The van der Waals surface area contributed by atoms with Gasteiger partial charge in [0.25, 0.3) is 0 Å². The van der Waals surface area contributed by atoms with Crippen molar-refractivity contribution >= 4 is 5.97 Å². The van der Waals surface area contributed by atoms with Crippen LogP contribution in [0.15, 0.2) is 22.8 Å². The van der Waals surface area contributed by atoms with Crippen LogP contribution >= 0.6 is 0 Å². The molecule has 140 valence electrons. The molecule has 0 saturated heterocycles. The van der Waals surface area contributed by atoms with Crippen LogP contribution in [0.5, 0.6) is 0 Å². The number of aliphatic hydroxyl groups is 2. The predicted octanol–water partition coefficient (Wildman–Crippen LogP) is 3.38. The van der Waals surface area contributed by atoms with Gasteiger partial charge in [0, 0.05) is 5.41 Å². The molecule has 0 spiro atoms. The SMILES string of the molecule is COC(=O)[C@@]12CCC(C(C)C)=C1[C@@H]1CC=C(CO)CC(O)[C@@]1(C)CC2. The molecule has 4 nitrogen and oxygen atoms in total. The van der Waals surface area contributed by atoms with Gasteiger partial charge in [0.15, 0.2) is 0 Å². The summed E-state index contributed by atoms with van der Waals surface area (Å²) in [5.74, 6) is 0.426. The summed E-state index contributed by atoms with van der Waals surface area (Å²) in [7, 11) is 1.49. The molecular weight excluding hydrogens is 316 g/mol. The zero-order valence-electron chi connectivity index (χ0n) is 16.0. The van der Waals surface area contributed by atoms with Gasteiger partial charge in [0.1, 0.15) is 0 Å². The number of carbonyl (C=O) groups excluding carboxylic acids is 1. The molecule has 0 bridgehead atoms. The number of hydrogen-bond donors (Lipinski definition) is 2. The fraction of sp³-hybridized carbons (Fsp3) is 0.762. The first-order valence-corrected chi connectivity index (χ1v) is 9.59. The molecule has 1 saturated carbocycles. The number of methoxy groups -OCH3 is 1. The van der Waals surface area contributed by atoms with Gasteiger partial charge in [-0.1, -0.05) is 32.4 Å². The highest BCUT2D eigenvalue weighted by Crippen LogP contribution is 2.63. The monoisotopic (exact) mass is 348 g/mol. The van der Waals surface area contributed by atoms with Crippen molar-refractivity contribution in [3.05, 3.63) is 22.8 Å². The van der Waals surface area contributed by atoms with Crippen molar-refractivity contribution in [2.24, 2.45) is 22.7 Å². The van der Waals surface area contributed by atoms with E-state index < -0.39 is 11.5 Å². The molecule has 1 unspecified atom stereocenters. The third-order valence-corrected chi connectivity index (χ3v) is 7.25. The molecule has 3 aliphatic rings. The van der Waals surface area contributed by atoms with Gasteiger partial charge in [0.05, 0.1) is 25.2 Å². The Kier molecular flexibility index (Phi) is 4.89. The minimum atomic E-state index is -0.504. The first-order chi connectivity index (χ1) is 11.8. The molecule has 4 heteroatoms. The van der Waals surface area contributed by atoms with Crippen LogP contribution < -0.4 is 0 Å². The van der Waals surface area contributed by atoms with Gasteiger partial charge in [-0.15, -0.1) is 0 Å². The van der Waals surface area contributed by atoms with Crippen LogP contribution in [0.25, 0.3) is 0 Å².